The number of carbonyl (C=O) groups is 2. The standard InChI is InChI=1S/C12H9BrClF4NO2/c13-5-9(20)6-19(8-3-1-2-7(14)4-8)11(21)12(17,18)10(15)16/h1-4,10H,5-6H2. The van der Waals surface area contributed by atoms with E-state index in [0.717, 1.165) is 6.07 Å². The normalized spacial score (nSPS) is 11.6. The molecule has 0 aliphatic heterocycles. The van der Waals surface area contributed by atoms with Gasteiger partial charge in [-0.25, -0.2) is 8.78 Å². The first kappa shape index (κ1) is 17.9. The lowest BCUT2D eigenvalue weighted by Gasteiger charge is -2.26. The molecule has 116 valence electrons. The highest BCUT2D eigenvalue weighted by Crippen LogP contribution is 2.29. The maximum absolute atomic E-state index is 13.2. The fraction of sp³-hybridized carbons (Fsp3) is 0.333. The van der Waals surface area contributed by atoms with E-state index in [1.54, 1.807) is 0 Å². The van der Waals surface area contributed by atoms with Crippen LogP contribution in [0.15, 0.2) is 24.3 Å². The predicted molar refractivity (Wildman–Crippen MR) is 73.6 cm³/mol. The Morgan fingerprint density at radius 3 is 2.43 bits per heavy atom. The van der Waals surface area contributed by atoms with Crippen molar-refractivity contribution in [2.45, 2.75) is 12.3 Å². The molecular weight excluding hydrogens is 381 g/mol. The van der Waals surface area contributed by atoms with E-state index in [-0.39, 0.29) is 16.0 Å². The fourth-order valence-corrected chi connectivity index (χ4v) is 1.78. The molecule has 3 nitrogen and oxygen atoms in total. The van der Waals surface area contributed by atoms with Crippen molar-refractivity contribution >= 4 is 44.9 Å². The van der Waals surface area contributed by atoms with Crippen molar-refractivity contribution in [1.82, 2.24) is 0 Å². The van der Waals surface area contributed by atoms with Gasteiger partial charge < -0.3 is 0 Å². The van der Waals surface area contributed by atoms with Crippen LogP contribution in [0.5, 0.6) is 0 Å². The van der Waals surface area contributed by atoms with Gasteiger partial charge in [-0.3, -0.25) is 14.5 Å². The predicted octanol–water partition coefficient (Wildman–Crippen LogP) is 3.54. The van der Waals surface area contributed by atoms with Gasteiger partial charge in [0.2, 0.25) is 0 Å². The number of carbonyl (C=O) groups excluding carboxylic acids is 2. The summed E-state index contributed by atoms with van der Waals surface area (Å²) in [6, 6.07) is 5.09. The van der Waals surface area contributed by atoms with Gasteiger partial charge in [-0.1, -0.05) is 33.6 Å². The van der Waals surface area contributed by atoms with Crippen LogP contribution >= 0.6 is 27.5 Å². The van der Waals surface area contributed by atoms with E-state index < -0.39 is 30.6 Å². The van der Waals surface area contributed by atoms with E-state index in [0.29, 0.717) is 4.90 Å². The van der Waals surface area contributed by atoms with Crippen molar-refractivity contribution in [2.75, 3.05) is 16.8 Å². The number of hydrogen-bond acceptors (Lipinski definition) is 2. The Hall–Kier alpha value is -1.15. The molecule has 1 aromatic carbocycles. The third-order valence-corrected chi connectivity index (χ3v) is 3.27. The van der Waals surface area contributed by atoms with E-state index in [4.69, 9.17) is 11.6 Å². The molecule has 0 saturated carbocycles. The van der Waals surface area contributed by atoms with Crippen molar-refractivity contribution in [3.8, 4) is 0 Å². The van der Waals surface area contributed by atoms with Crippen LogP contribution in [-0.4, -0.2) is 35.9 Å². The third-order valence-electron chi connectivity index (χ3n) is 2.41. The lowest BCUT2D eigenvalue weighted by atomic mass is 10.2. The van der Waals surface area contributed by atoms with Crippen molar-refractivity contribution < 1.29 is 27.2 Å². The van der Waals surface area contributed by atoms with E-state index in [1.165, 1.54) is 18.2 Å². The number of rotatable bonds is 6. The number of nitrogens with zero attached hydrogens (tertiary/aromatic N) is 1. The molecule has 0 aliphatic carbocycles. The SMILES string of the molecule is O=C(CBr)CN(C(=O)C(F)(F)C(F)F)c1cccc(Cl)c1. The second-order valence-corrected chi connectivity index (χ2v) is 4.96. The Bertz CT molecular complexity index is 542. The second kappa shape index (κ2) is 7.22. The summed E-state index contributed by atoms with van der Waals surface area (Å²) in [5, 5.41) is -0.102. The smallest absolute Gasteiger partial charge is 0.299 e. The second-order valence-electron chi connectivity index (χ2n) is 3.97. The number of hydrogen-bond donors (Lipinski definition) is 0. The zero-order valence-electron chi connectivity index (χ0n) is 10.3. The Balaban J connectivity index is 3.20. The van der Waals surface area contributed by atoms with Crippen LogP contribution in [0.1, 0.15) is 0 Å². The molecule has 0 bridgehead atoms. The zero-order valence-corrected chi connectivity index (χ0v) is 12.7. The average molecular weight is 391 g/mol. The lowest BCUT2D eigenvalue weighted by molar-refractivity contribution is -0.166. The van der Waals surface area contributed by atoms with Crippen LogP contribution in [-0.2, 0) is 9.59 Å². The summed E-state index contributed by atoms with van der Waals surface area (Å²) in [5.41, 5.74) is -0.165. The summed E-state index contributed by atoms with van der Waals surface area (Å²) in [6.07, 6.45) is -4.18. The number of halogens is 6. The maximum atomic E-state index is 13.2. The van der Waals surface area contributed by atoms with Crippen molar-refractivity contribution in [2.24, 2.45) is 0 Å². The van der Waals surface area contributed by atoms with Gasteiger partial charge in [0.25, 0.3) is 0 Å². The highest BCUT2D eigenvalue weighted by molar-refractivity contribution is 9.09. The van der Waals surface area contributed by atoms with Crippen LogP contribution in [0.4, 0.5) is 23.2 Å². The topological polar surface area (TPSA) is 37.4 Å². The van der Waals surface area contributed by atoms with Crippen LogP contribution in [0, 0.1) is 0 Å². The number of Topliss-reactive ketones (excluding diaryl/α,β-unsaturated/α-hetero) is 1. The average Bonchev–Trinajstić information content (AvgIpc) is 2.43. The number of alkyl halides is 5. The van der Waals surface area contributed by atoms with E-state index in [9.17, 15) is 27.2 Å². The minimum absolute atomic E-state index is 0.108. The third kappa shape index (κ3) is 4.41. The molecule has 0 N–H and O–H groups in total. The number of amides is 1. The summed E-state index contributed by atoms with van der Waals surface area (Å²) < 4.78 is 51.1. The van der Waals surface area contributed by atoms with Gasteiger partial charge in [-0.15, -0.1) is 0 Å². The summed E-state index contributed by atoms with van der Waals surface area (Å²) in [5.74, 6) is -7.68. The van der Waals surface area contributed by atoms with Crippen molar-refractivity contribution in [3.05, 3.63) is 29.3 Å². The minimum Gasteiger partial charge on any atom is -0.299 e. The molecule has 1 aromatic rings. The molecule has 1 amide bonds. The summed E-state index contributed by atoms with van der Waals surface area (Å²) in [6.45, 7) is -0.771. The largest absolute Gasteiger partial charge is 0.384 e. The van der Waals surface area contributed by atoms with E-state index in [1.807, 2.05) is 0 Å². The molecule has 9 heteroatoms. The number of ketones is 1. The summed E-state index contributed by atoms with van der Waals surface area (Å²) in [7, 11) is 0. The molecule has 0 atom stereocenters. The van der Waals surface area contributed by atoms with Crippen LogP contribution < -0.4 is 4.90 Å². The fourth-order valence-electron chi connectivity index (χ4n) is 1.42. The molecule has 0 aromatic heterocycles. The van der Waals surface area contributed by atoms with Gasteiger partial charge in [0, 0.05) is 10.7 Å². The molecule has 0 heterocycles. The molecule has 1 rings (SSSR count). The Morgan fingerprint density at radius 1 is 1.33 bits per heavy atom. The Morgan fingerprint density at radius 2 is 1.95 bits per heavy atom. The molecule has 0 saturated heterocycles. The van der Waals surface area contributed by atoms with Gasteiger partial charge in [-0.05, 0) is 18.2 Å². The molecule has 0 aliphatic rings. The molecular formula is C12H9BrClF4NO2. The molecule has 0 radical (unpaired) electrons. The van der Waals surface area contributed by atoms with Crippen LogP contribution in [0.25, 0.3) is 0 Å². The van der Waals surface area contributed by atoms with E-state index in [2.05, 4.69) is 15.9 Å². The molecule has 21 heavy (non-hydrogen) atoms. The van der Waals surface area contributed by atoms with Gasteiger partial charge in [0.15, 0.2) is 5.78 Å². The van der Waals surface area contributed by atoms with E-state index >= 15 is 0 Å². The summed E-state index contributed by atoms with van der Waals surface area (Å²) >= 11 is 8.48. The molecule has 0 unspecified atom stereocenters. The van der Waals surface area contributed by atoms with Crippen LogP contribution in [0.3, 0.4) is 0 Å². The first-order valence-electron chi connectivity index (χ1n) is 5.51. The minimum atomic E-state index is -4.89. The Labute approximate surface area is 131 Å². The first-order chi connectivity index (χ1) is 9.70. The highest BCUT2D eigenvalue weighted by Gasteiger charge is 2.51. The van der Waals surface area contributed by atoms with Gasteiger partial charge in [-0.2, -0.15) is 8.78 Å². The highest BCUT2D eigenvalue weighted by atomic mass is 79.9. The lowest BCUT2D eigenvalue weighted by Crippen LogP contribution is -2.49. The number of benzene rings is 1. The quantitative estimate of drug-likeness (QED) is 0.550. The Kier molecular flexibility index (Phi) is 6.15. The number of anilines is 1. The van der Waals surface area contributed by atoms with Crippen LogP contribution in [0.2, 0.25) is 5.02 Å². The summed E-state index contributed by atoms with van der Waals surface area (Å²) in [4.78, 5) is 23.3. The van der Waals surface area contributed by atoms with Crippen molar-refractivity contribution in [1.29, 1.82) is 0 Å². The zero-order chi connectivity index (χ0) is 16.2. The molecule has 0 spiro atoms. The maximum Gasteiger partial charge on any atom is 0.384 e. The van der Waals surface area contributed by atoms with Crippen molar-refractivity contribution in [3.63, 3.8) is 0 Å². The first-order valence-corrected chi connectivity index (χ1v) is 7.01. The monoisotopic (exact) mass is 389 g/mol. The molecule has 0 fully saturated rings. The van der Waals surface area contributed by atoms with Gasteiger partial charge in [0.1, 0.15) is 0 Å². The van der Waals surface area contributed by atoms with Gasteiger partial charge >= 0.3 is 18.3 Å². The van der Waals surface area contributed by atoms with Gasteiger partial charge in [0.05, 0.1) is 11.9 Å².